The first-order valence-corrected chi connectivity index (χ1v) is 7.85. The molecule has 2 aliphatic heterocycles. The summed E-state index contributed by atoms with van der Waals surface area (Å²) < 4.78 is 0. The minimum atomic E-state index is -1.32. The van der Waals surface area contributed by atoms with Crippen LogP contribution in [0.15, 0.2) is 35.3 Å². The summed E-state index contributed by atoms with van der Waals surface area (Å²) in [6.45, 7) is 2.04. The van der Waals surface area contributed by atoms with Crippen molar-refractivity contribution in [2.75, 3.05) is 13.6 Å². The molecule has 1 saturated heterocycles. The zero-order chi connectivity index (χ0) is 17.5. The predicted molar refractivity (Wildman–Crippen MR) is 88.0 cm³/mol. The molecule has 0 N–H and O–H groups in total. The Hall–Kier alpha value is -2.59. The van der Waals surface area contributed by atoms with Crippen LogP contribution >= 0.6 is 11.6 Å². The van der Waals surface area contributed by atoms with E-state index in [1.807, 2.05) is 36.5 Å². The summed E-state index contributed by atoms with van der Waals surface area (Å²) in [6.07, 6.45) is 2.49. The first-order valence-electron chi connectivity index (χ1n) is 7.47. The van der Waals surface area contributed by atoms with Crippen LogP contribution in [0.1, 0.15) is 12.5 Å². The van der Waals surface area contributed by atoms with Crippen molar-refractivity contribution in [3.05, 3.63) is 35.9 Å². The van der Waals surface area contributed by atoms with Gasteiger partial charge in [0.2, 0.25) is 0 Å². The maximum Gasteiger partial charge on any atom is 0.341 e. The fourth-order valence-corrected chi connectivity index (χ4v) is 3.49. The molecule has 0 aromatic heterocycles. The molecular weight excluding hydrogens is 330 g/mol. The number of fused-ring (bicyclic) bond motifs is 1. The number of rotatable bonds is 3. The number of hydrogen-bond acceptors (Lipinski definition) is 5. The van der Waals surface area contributed by atoms with Gasteiger partial charge in [0, 0.05) is 13.6 Å². The van der Waals surface area contributed by atoms with E-state index < -0.39 is 23.6 Å². The molecular formula is C16H16ClN5O2. The van der Waals surface area contributed by atoms with Gasteiger partial charge in [-0.1, -0.05) is 30.3 Å². The minimum Gasteiger partial charge on any atom is -0.331 e. The molecule has 0 aliphatic carbocycles. The molecule has 0 saturated carbocycles. The molecule has 24 heavy (non-hydrogen) atoms. The molecule has 0 spiro atoms. The molecule has 1 aromatic carbocycles. The third kappa shape index (κ3) is 2.31. The third-order valence-electron chi connectivity index (χ3n) is 4.46. The predicted octanol–water partition coefficient (Wildman–Crippen LogP) is 1.60. The van der Waals surface area contributed by atoms with Gasteiger partial charge in [-0.15, -0.1) is 0 Å². The number of amides is 3. The summed E-state index contributed by atoms with van der Waals surface area (Å²) in [5, 5.41) is 9.48. The highest BCUT2D eigenvalue weighted by Gasteiger charge is 2.60. The van der Waals surface area contributed by atoms with Crippen molar-refractivity contribution in [1.82, 2.24) is 14.7 Å². The number of hydrogen-bond donors (Lipinski definition) is 0. The van der Waals surface area contributed by atoms with Crippen LogP contribution < -0.4 is 0 Å². The maximum atomic E-state index is 12.6. The van der Waals surface area contributed by atoms with E-state index in [4.69, 9.17) is 11.6 Å². The topological polar surface area (TPSA) is 80.0 Å². The first-order chi connectivity index (χ1) is 11.4. The zero-order valence-corrected chi connectivity index (χ0v) is 14.1. The summed E-state index contributed by atoms with van der Waals surface area (Å²) in [5.74, 6) is -0.415. The lowest BCUT2D eigenvalue weighted by Gasteiger charge is -2.44. The number of carbonyl (C=O) groups is 2. The van der Waals surface area contributed by atoms with Crippen LogP contribution in [0.3, 0.4) is 0 Å². The second-order valence-electron chi connectivity index (χ2n) is 5.92. The van der Waals surface area contributed by atoms with Gasteiger partial charge >= 0.3 is 6.03 Å². The highest BCUT2D eigenvalue weighted by molar-refractivity contribution is 6.65. The summed E-state index contributed by atoms with van der Waals surface area (Å²) in [6, 6.07) is 8.28. The number of halogens is 1. The van der Waals surface area contributed by atoms with Crippen molar-refractivity contribution in [2.24, 2.45) is 4.99 Å². The first kappa shape index (κ1) is 16.3. The largest absolute Gasteiger partial charge is 0.341 e. The van der Waals surface area contributed by atoms with E-state index in [1.165, 1.54) is 7.05 Å². The summed E-state index contributed by atoms with van der Waals surface area (Å²) in [7, 11) is 1.36. The summed E-state index contributed by atoms with van der Waals surface area (Å²) >= 11 is 6.25. The number of aliphatic imine (C=N–C) groups is 1. The number of urea groups is 1. The Morgan fingerprint density at radius 2 is 2.00 bits per heavy atom. The summed E-state index contributed by atoms with van der Waals surface area (Å²) in [4.78, 5) is 32.6. The Kier molecular flexibility index (Phi) is 3.93. The van der Waals surface area contributed by atoms with E-state index in [9.17, 15) is 14.9 Å². The Labute approximate surface area is 144 Å². The number of nitrogens with zero attached hydrogens (tertiary/aromatic N) is 5. The van der Waals surface area contributed by atoms with Crippen molar-refractivity contribution in [2.45, 2.75) is 25.0 Å². The number of imide groups is 1. The van der Waals surface area contributed by atoms with Gasteiger partial charge in [-0.05, 0) is 30.5 Å². The van der Waals surface area contributed by atoms with Gasteiger partial charge in [0.25, 0.3) is 5.91 Å². The van der Waals surface area contributed by atoms with Crippen LogP contribution in [0.5, 0.6) is 0 Å². The zero-order valence-electron chi connectivity index (χ0n) is 13.3. The molecule has 3 rings (SSSR count). The number of likely N-dealkylation sites (N-methyl/N-ethyl adjacent to an activating group) is 1. The van der Waals surface area contributed by atoms with Crippen LogP contribution in [0.25, 0.3) is 0 Å². The molecule has 1 aromatic rings. The highest BCUT2D eigenvalue weighted by Crippen LogP contribution is 2.37. The van der Waals surface area contributed by atoms with Crippen molar-refractivity contribution in [3.8, 4) is 6.19 Å². The average molecular weight is 346 g/mol. The van der Waals surface area contributed by atoms with E-state index in [2.05, 4.69) is 4.99 Å². The third-order valence-corrected chi connectivity index (χ3v) is 4.77. The Bertz CT molecular complexity index is 759. The average Bonchev–Trinajstić information content (AvgIpc) is 2.83. The van der Waals surface area contributed by atoms with Crippen LogP contribution in [-0.4, -0.2) is 57.2 Å². The molecule has 124 valence electrons. The number of carbonyl (C=O) groups excluding carboxylic acids is 2. The van der Waals surface area contributed by atoms with E-state index in [1.54, 1.807) is 11.8 Å². The maximum absolute atomic E-state index is 12.6. The lowest BCUT2D eigenvalue weighted by atomic mass is 9.97. The smallest absolute Gasteiger partial charge is 0.331 e. The van der Waals surface area contributed by atoms with Crippen LogP contribution in [0.2, 0.25) is 0 Å². The fraction of sp³-hybridized carbons (Fsp3) is 0.375. The Morgan fingerprint density at radius 1 is 1.33 bits per heavy atom. The van der Waals surface area contributed by atoms with Gasteiger partial charge in [-0.25, -0.2) is 14.7 Å². The molecule has 8 heteroatoms. The molecule has 0 radical (unpaired) electrons. The second kappa shape index (κ2) is 5.80. The molecule has 2 unspecified atom stereocenters. The lowest BCUT2D eigenvalue weighted by molar-refractivity contribution is -0.138. The molecule has 1 fully saturated rings. The standard InChI is InChI=1S/C16H16ClN5O2/c1-16-12(13(23)20(2)15(24)22(16)10-18)21(14(17)19-16)9-8-11-6-4-3-5-7-11/h3-7,12H,8-9H2,1-2H3. The fourth-order valence-electron chi connectivity index (χ4n) is 3.13. The van der Waals surface area contributed by atoms with E-state index in [0.29, 0.717) is 13.0 Å². The van der Waals surface area contributed by atoms with Gasteiger partial charge in [-0.2, -0.15) is 5.26 Å². The molecule has 3 amide bonds. The van der Waals surface area contributed by atoms with Crippen LogP contribution in [-0.2, 0) is 11.2 Å². The van der Waals surface area contributed by atoms with E-state index >= 15 is 0 Å². The van der Waals surface area contributed by atoms with Crippen molar-refractivity contribution >= 4 is 28.8 Å². The number of amidine groups is 1. The monoisotopic (exact) mass is 345 g/mol. The van der Waals surface area contributed by atoms with Gasteiger partial charge in [0.15, 0.2) is 23.2 Å². The highest BCUT2D eigenvalue weighted by atomic mass is 35.5. The normalized spacial score (nSPS) is 26.3. The number of nitriles is 1. The number of benzene rings is 1. The van der Waals surface area contributed by atoms with Crippen molar-refractivity contribution < 1.29 is 9.59 Å². The molecule has 7 nitrogen and oxygen atoms in total. The Balaban J connectivity index is 1.90. The molecule has 0 bridgehead atoms. The van der Waals surface area contributed by atoms with Crippen molar-refractivity contribution in [1.29, 1.82) is 5.26 Å². The van der Waals surface area contributed by atoms with Crippen molar-refractivity contribution in [3.63, 3.8) is 0 Å². The Morgan fingerprint density at radius 3 is 2.62 bits per heavy atom. The van der Waals surface area contributed by atoms with Gasteiger partial charge in [0.05, 0.1) is 0 Å². The SMILES string of the molecule is CN1C(=O)C2N(CCc3ccccc3)C(Cl)=NC2(C)N(C#N)C1=O. The molecule has 2 atom stereocenters. The van der Waals surface area contributed by atoms with Gasteiger partial charge < -0.3 is 4.90 Å². The van der Waals surface area contributed by atoms with Gasteiger partial charge in [0.1, 0.15) is 0 Å². The van der Waals surface area contributed by atoms with Crippen LogP contribution in [0.4, 0.5) is 4.79 Å². The molecule has 2 heterocycles. The van der Waals surface area contributed by atoms with Crippen LogP contribution in [0, 0.1) is 11.5 Å². The van der Waals surface area contributed by atoms with E-state index in [0.717, 1.165) is 15.4 Å². The minimum absolute atomic E-state index is 0.134. The second-order valence-corrected chi connectivity index (χ2v) is 6.26. The lowest BCUT2D eigenvalue weighted by Crippen LogP contribution is -2.69. The van der Waals surface area contributed by atoms with Gasteiger partial charge in [-0.3, -0.25) is 9.69 Å². The quantitative estimate of drug-likeness (QED) is 0.615. The molecule has 2 aliphatic rings. The van der Waals surface area contributed by atoms with E-state index in [-0.39, 0.29) is 5.29 Å². The summed E-state index contributed by atoms with van der Waals surface area (Å²) in [5.41, 5.74) is -0.219.